The highest BCUT2D eigenvalue weighted by Crippen LogP contribution is 2.19. The number of hydrogen-bond acceptors (Lipinski definition) is 4. The van der Waals surface area contributed by atoms with Gasteiger partial charge in [0.05, 0.1) is 13.1 Å². The number of nitrogens with zero attached hydrogens (tertiary/aromatic N) is 3. The average Bonchev–Trinajstić information content (AvgIpc) is 3.02. The van der Waals surface area contributed by atoms with Crippen molar-refractivity contribution in [3.8, 4) is 0 Å². The maximum atomic E-state index is 4.82. The molecule has 1 N–H and O–H groups in total. The van der Waals surface area contributed by atoms with Gasteiger partial charge < -0.3 is 14.7 Å². The van der Waals surface area contributed by atoms with E-state index in [1.807, 2.05) is 18.0 Å². The first kappa shape index (κ1) is 14.1. The van der Waals surface area contributed by atoms with Gasteiger partial charge in [-0.05, 0) is 22.0 Å². The first-order valence-corrected chi connectivity index (χ1v) is 7.40. The summed E-state index contributed by atoms with van der Waals surface area (Å²) >= 11 is 5.16. The molecule has 0 fully saturated rings. The minimum absolute atomic E-state index is 0.657. The molecule has 0 unspecified atom stereocenters. The predicted molar refractivity (Wildman–Crippen MR) is 80.2 cm³/mol. The van der Waals surface area contributed by atoms with Crippen molar-refractivity contribution in [3.63, 3.8) is 0 Å². The largest absolute Gasteiger partial charge is 0.364 e. The van der Waals surface area contributed by atoms with E-state index in [0.29, 0.717) is 6.54 Å². The van der Waals surface area contributed by atoms with Gasteiger partial charge in [-0.3, -0.25) is 4.99 Å². The lowest BCUT2D eigenvalue weighted by Gasteiger charge is -2.20. The smallest absolute Gasteiger partial charge is 0.194 e. The molecule has 7 heteroatoms. The van der Waals surface area contributed by atoms with Gasteiger partial charge in [0.2, 0.25) is 0 Å². The molecule has 2 aromatic heterocycles. The molecule has 0 aromatic carbocycles. The second-order valence-corrected chi connectivity index (χ2v) is 5.89. The molecule has 2 heterocycles. The standard InChI is InChI=1S/C12H15BrN4OS/c1-14-12(15-6-11-5-9(13)8-19-11)17(2)7-10-3-4-18-16-10/h3-5,8H,6-7H2,1-2H3,(H,14,15). The fraction of sp³-hybridized carbons (Fsp3) is 0.333. The van der Waals surface area contributed by atoms with Gasteiger partial charge in [-0.15, -0.1) is 11.3 Å². The number of hydrogen-bond donors (Lipinski definition) is 1. The normalized spacial score (nSPS) is 11.6. The molecule has 0 bridgehead atoms. The van der Waals surface area contributed by atoms with E-state index >= 15 is 0 Å². The van der Waals surface area contributed by atoms with E-state index in [1.165, 1.54) is 4.88 Å². The second kappa shape index (κ2) is 6.72. The van der Waals surface area contributed by atoms with E-state index in [1.54, 1.807) is 24.6 Å². The van der Waals surface area contributed by atoms with E-state index in [0.717, 1.165) is 22.7 Å². The van der Waals surface area contributed by atoms with Crippen molar-refractivity contribution in [2.45, 2.75) is 13.1 Å². The van der Waals surface area contributed by atoms with Crippen LogP contribution in [0.2, 0.25) is 0 Å². The molecule has 0 aliphatic heterocycles. The predicted octanol–water partition coefficient (Wildman–Crippen LogP) is 2.71. The Morgan fingerprint density at radius 1 is 1.63 bits per heavy atom. The van der Waals surface area contributed by atoms with E-state index in [4.69, 9.17) is 4.52 Å². The summed E-state index contributed by atoms with van der Waals surface area (Å²) in [5.41, 5.74) is 0.879. The SMILES string of the molecule is CN=C(NCc1cc(Br)cs1)N(C)Cc1ccon1. The van der Waals surface area contributed by atoms with Crippen LogP contribution in [0.3, 0.4) is 0 Å². The molecule has 19 heavy (non-hydrogen) atoms. The van der Waals surface area contributed by atoms with Crippen molar-refractivity contribution in [3.05, 3.63) is 38.8 Å². The number of nitrogens with one attached hydrogen (secondary N) is 1. The maximum absolute atomic E-state index is 4.82. The van der Waals surface area contributed by atoms with Crippen LogP contribution in [0.25, 0.3) is 0 Å². The zero-order valence-electron chi connectivity index (χ0n) is 10.8. The van der Waals surface area contributed by atoms with Crippen LogP contribution in [0.4, 0.5) is 0 Å². The first-order chi connectivity index (χ1) is 9.19. The summed E-state index contributed by atoms with van der Waals surface area (Å²) in [4.78, 5) is 7.51. The molecule has 5 nitrogen and oxygen atoms in total. The molecule has 2 aromatic rings. The van der Waals surface area contributed by atoms with Gasteiger partial charge in [0.25, 0.3) is 0 Å². The summed E-state index contributed by atoms with van der Waals surface area (Å²) in [5, 5.41) is 9.28. The molecular formula is C12H15BrN4OS. The van der Waals surface area contributed by atoms with Crippen molar-refractivity contribution in [2.24, 2.45) is 4.99 Å². The zero-order chi connectivity index (χ0) is 13.7. The Hall–Kier alpha value is -1.34. The number of aromatic nitrogens is 1. The lowest BCUT2D eigenvalue weighted by atomic mass is 10.4. The van der Waals surface area contributed by atoms with E-state index in [9.17, 15) is 0 Å². The van der Waals surface area contributed by atoms with Crippen molar-refractivity contribution in [1.82, 2.24) is 15.4 Å². The second-order valence-electron chi connectivity index (χ2n) is 3.98. The minimum Gasteiger partial charge on any atom is -0.364 e. The van der Waals surface area contributed by atoms with Gasteiger partial charge in [0, 0.05) is 34.9 Å². The third kappa shape index (κ3) is 4.07. The van der Waals surface area contributed by atoms with E-state index < -0.39 is 0 Å². The Morgan fingerprint density at radius 3 is 3.05 bits per heavy atom. The van der Waals surface area contributed by atoms with E-state index in [2.05, 4.69) is 42.8 Å². The lowest BCUT2D eigenvalue weighted by Crippen LogP contribution is -2.37. The summed E-state index contributed by atoms with van der Waals surface area (Å²) < 4.78 is 5.93. The third-order valence-electron chi connectivity index (χ3n) is 2.51. The Balaban J connectivity index is 1.89. The summed E-state index contributed by atoms with van der Waals surface area (Å²) in [5.74, 6) is 0.826. The molecule has 0 aliphatic carbocycles. The van der Waals surface area contributed by atoms with Gasteiger partial charge in [-0.25, -0.2) is 0 Å². The van der Waals surface area contributed by atoms with Crippen molar-refractivity contribution in [1.29, 1.82) is 0 Å². The molecule has 0 saturated heterocycles. The van der Waals surface area contributed by atoms with Gasteiger partial charge in [0.1, 0.15) is 12.0 Å². The van der Waals surface area contributed by atoms with Crippen LogP contribution < -0.4 is 5.32 Å². The topological polar surface area (TPSA) is 53.7 Å². The Bertz CT molecular complexity index is 538. The third-order valence-corrected chi connectivity index (χ3v) is 4.20. The molecule has 0 atom stereocenters. The van der Waals surface area contributed by atoms with Crippen LogP contribution in [-0.2, 0) is 13.1 Å². The lowest BCUT2D eigenvalue weighted by molar-refractivity contribution is 0.391. The highest BCUT2D eigenvalue weighted by Gasteiger charge is 2.08. The highest BCUT2D eigenvalue weighted by molar-refractivity contribution is 9.10. The van der Waals surface area contributed by atoms with Crippen LogP contribution in [0.15, 0.2) is 37.8 Å². The number of aliphatic imine (C=N–C) groups is 1. The summed E-state index contributed by atoms with van der Waals surface area (Å²) in [6, 6.07) is 3.95. The fourth-order valence-electron chi connectivity index (χ4n) is 1.63. The van der Waals surface area contributed by atoms with Crippen LogP contribution in [0, 0.1) is 0 Å². The van der Waals surface area contributed by atoms with Crippen LogP contribution >= 0.6 is 27.3 Å². The van der Waals surface area contributed by atoms with Crippen LogP contribution in [-0.4, -0.2) is 30.1 Å². The maximum Gasteiger partial charge on any atom is 0.194 e. The minimum atomic E-state index is 0.657. The average molecular weight is 343 g/mol. The van der Waals surface area contributed by atoms with Crippen molar-refractivity contribution < 1.29 is 4.52 Å². The zero-order valence-corrected chi connectivity index (χ0v) is 13.2. The Morgan fingerprint density at radius 2 is 2.47 bits per heavy atom. The van der Waals surface area contributed by atoms with Crippen LogP contribution in [0.5, 0.6) is 0 Å². The Labute approximate surface area is 124 Å². The first-order valence-electron chi connectivity index (χ1n) is 5.73. The highest BCUT2D eigenvalue weighted by atomic mass is 79.9. The quantitative estimate of drug-likeness (QED) is 0.685. The van der Waals surface area contributed by atoms with Gasteiger partial charge in [0.15, 0.2) is 5.96 Å². The number of guanidine groups is 1. The van der Waals surface area contributed by atoms with Gasteiger partial charge in [-0.2, -0.15) is 0 Å². The summed E-state index contributed by atoms with van der Waals surface area (Å²) in [7, 11) is 3.74. The number of halogens is 1. The van der Waals surface area contributed by atoms with Crippen molar-refractivity contribution in [2.75, 3.05) is 14.1 Å². The fourth-order valence-corrected chi connectivity index (χ4v) is 3.03. The molecular weight excluding hydrogens is 328 g/mol. The number of thiophene rings is 1. The van der Waals surface area contributed by atoms with Gasteiger partial charge >= 0.3 is 0 Å². The molecule has 0 spiro atoms. The molecule has 0 radical (unpaired) electrons. The van der Waals surface area contributed by atoms with E-state index in [-0.39, 0.29) is 0 Å². The molecule has 0 amide bonds. The monoisotopic (exact) mass is 342 g/mol. The summed E-state index contributed by atoms with van der Waals surface area (Å²) in [6.07, 6.45) is 1.57. The summed E-state index contributed by atoms with van der Waals surface area (Å²) in [6.45, 7) is 1.41. The molecule has 2 rings (SSSR count). The molecule has 102 valence electrons. The van der Waals surface area contributed by atoms with Crippen LogP contribution in [0.1, 0.15) is 10.6 Å². The molecule has 0 aliphatic rings. The van der Waals surface area contributed by atoms with Gasteiger partial charge in [-0.1, -0.05) is 5.16 Å². The van der Waals surface area contributed by atoms with Crippen molar-refractivity contribution >= 4 is 33.2 Å². The number of rotatable bonds is 4. The Kier molecular flexibility index (Phi) is 4.98. The molecule has 0 saturated carbocycles.